The lowest BCUT2D eigenvalue weighted by atomic mass is 10.2. The molecule has 20 heavy (non-hydrogen) atoms. The lowest BCUT2D eigenvalue weighted by molar-refractivity contribution is 0.0696. The number of aromatic carboxylic acids is 1. The van der Waals surface area contributed by atoms with Crippen molar-refractivity contribution in [3.8, 4) is 0 Å². The van der Waals surface area contributed by atoms with Crippen LogP contribution in [0.2, 0.25) is 0 Å². The van der Waals surface area contributed by atoms with Gasteiger partial charge in [-0.3, -0.25) is 0 Å². The minimum absolute atomic E-state index is 0.156. The highest BCUT2D eigenvalue weighted by Crippen LogP contribution is 2.18. The molecule has 1 heterocycles. The van der Waals surface area contributed by atoms with Gasteiger partial charge in [0.2, 0.25) is 0 Å². The van der Waals surface area contributed by atoms with Gasteiger partial charge in [0.25, 0.3) is 0 Å². The predicted octanol–water partition coefficient (Wildman–Crippen LogP) is 1.39. The van der Waals surface area contributed by atoms with Gasteiger partial charge in [-0.1, -0.05) is 0 Å². The smallest absolute Gasteiger partial charge is 0.335 e. The Morgan fingerprint density at radius 2 is 1.95 bits per heavy atom. The molecule has 0 bridgehead atoms. The Kier molecular flexibility index (Phi) is 4.39. The van der Waals surface area contributed by atoms with Gasteiger partial charge in [-0.15, -0.1) is 0 Å². The number of carbonyl (C=O) groups is 1. The minimum Gasteiger partial charge on any atom is -0.478 e. The summed E-state index contributed by atoms with van der Waals surface area (Å²) in [5.74, 6) is -2.45. The Morgan fingerprint density at radius 1 is 1.30 bits per heavy atom. The van der Waals surface area contributed by atoms with E-state index in [4.69, 9.17) is 5.11 Å². The molecule has 1 fully saturated rings. The van der Waals surface area contributed by atoms with E-state index in [0.29, 0.717) is 6.54 Å². The summed E-state index contributed by atoms with van der Waals surface area (Å²) in [7, 11) is -3.73. The first-order chi connectivity index (χ1) is 9.40. The third-order valence-corrected chi connectivity index (χ3v) is 5.11. The third kappa shape index (κ3) is 3.34. The van der Waals surface area contributed by atoms with E-state index < -0.39 is 26.5 Å². The van der Waals surface area contributed by atoms with Gasteiger partial charge in [0.05, 0.1) is 11.3 Å². The molecule has 0 aromatic heterocycles. The van der Waals surface area contributed by atoms with E-state index in [-0.39, 0.29) is 11.3 Å². The van der Waals surface area contributed by atoms with E-state index in [1.54, 1.807) is 0 Å². The molecule has 2 rings (SSSR count). The molecular formula is C13H16FNO4S. The highest BCUT2D eigenvalue weighted by molar-refractivity contribution is 7.91. The number of carboxylic acids is 1. The number of rotatable bonds is 5. The van der Waals surface area contributed by atoms with Crippen LogP contribution in [0.15, 0.2) is 23.1 Å². The number of hydrogen-bond acceptors (Lipinski definition) is 4. The van der Waals surface area contributed by atoms with Gasteiger partial charge in [-0.05, 0) is 44.1 Å². The van der Waals surface area contributed by atoms with Gasteiger partial charge in [0.15, 0.2) is 9.84 Å². The molecule has 1 aromatic rings. The van der Waals surface area contributed by atoms with Gasteiger partial charge in [0, 0.05) is 6.54 Å². The number of sulfone groups is 1. The highest BCUT2D eigenvalue weighted by atomic mass is 32.2. The highest BCUT2D eigenvalue weighted by Gasteiger charge is 2.22. The Hall–Kier alpha value is -1.47. The summed E-state index contributed by atoms with van der Waals surface area (Å²) in [4.78, 5) is 12.3. The maximum Gasteiger partial charge on any atom is 0.335 e. The van der Waals surface area contributed by atoms with Crippen molar-refractivity contribution in [2.75, 3.05) is 25.4 Å². The topological polar surface area (TPSA) is 74.7 Å². The van der Waals surface area contributed by atoms with Crippen molar-refractivity contribution in [1.29, 1.82) is 0 Å². The van der Waals surface area contributed by atoms with Crippen molar-refractivity contribution in [2.24, 2.45) is 0 Å². The van der Waals surface area contributed by atoms with E-state index in [1.165, 1.54) is 0 Å². The molecule has 0 saturated carbocycles. The van der Waals surface area contributed by atoms with Crippen molar-refractivity contribution >= 4 is 15.8 Å². The normalized spacial score (nSPS) is 16.4. The van der Waals surface area contributed by atoms with Crippen LogP contribution in [0.3, 0.4) is 0 Å². The summed E-state index contributed by atoms with van der Waals surface area (Å²) in [6.07, 6.45) is 2.11. The summed E-state index contributed by atoms with van der Waals surface area (Å²) in [6.45, 7) is 2.12. The molecule has 1 N–H and O–H groups in total. The summed E-state index contributed by atoms with van der Waals surface area (Å²) < 4.78 is 37.9. The monoisotopic (exact) mass is 301 g/mol. The summed E-state index contributed by atoms with van der Waals surface area (Å²) in [6, 6.07) is 2.87. The second kappa shape index (κ2) is 5.88. The minimum atomic E-state index is -3.73. The fraction of sp³-hybridized carbons (Fsp3) is 0.462. The first kappa shape index (κ1) is 14.9. The molecular weight excluding hydrogens is 285 g/mol. The van der Waals surface area contributed by atoms with E-state index >= 15 is 0 Å². The standard InChI is InChI=1S/C13H16FNO4S/c14-11-9-10(13(16)17)3-4-12(11)20(18,19)8-7-15-5-1-2-6-15/h3-4,9H,1-2,5-8H2,(H,16,17). The number of carboxylic acid groups (broad SMARTS) is 1. The molecule has 1 saturated heterocycles. The molecule has 110 valence electrons. The Bertz CT molecular complexity index is 609. The Morgan fingerprint density at radius 3 is 2.50 bits per heavy atom. The maximum absolute atomic E-state index is 13.8. The third-order valence-electron chi connectivity index (χ3n) is 3.39. The first-order valence-corrected chi connectivity index (χ1v) is 8.03. The molecule has 1 aliphatic rings. The van der Waals surface area contributed by atoms with Crippen LogP contribution in [0.1, 0.15) is 23.2 Å². The zero-order valence-corrected chi connectivity index (χ0v) is 11.7. The zero-order chi connectivity index (χ0) is 14.8. The second-order valence-corrected chi connectivity index (χ2v) is 6.90. The molecule has 0 radical (unpaired) electrons. The molecule has 0 atom stereocenters. The van der Waals surface area contributed by atoms with Gasteiger partial charge in [0.1, 0.15) is 10.7 Å². The molecule has 0 spiro atoms. The summed E-state index contributed by atoms with van der Waals surface area (Å²) in [5.41, 5.74) is -0.263. The van der Waals surface area contributed by atoms with Crippen LogP contribution >= 0.6 is 0 Å². The largest absolute Gasteiger partial charge is 0.478 e. The second-order valence-electron chi connectivity index (χ2n) is 4.82. The Labute approximate surface area is 116 Å². The first-order valence-electron chi connectivity index (χ1n) is 6.38. The van der Waals surface area contributed by atoms with Crippen LogP contribution in [0.5, 0.6) is 0 Å². The van der Waals surface area contributed by atoms with E-state index in [2.05, 4.69) is 0 Å². The van der Waals surface area contributed by atoms with E-state index in [0.717, 1.165) is 44.1 Å². The van der Waals surface area contributed by atoms with Crippen molar-refractivity contribution in [3.63, 3.8) is 0 Å². The molecule has 1 aliphatic heterocycles. The fourth-order valence-corrected chi connectivity index (χ4v) is 3.60. The van der Waals surface area contributed by atoms with Crippen molar-refractivity contribution in [1.82, 2.24) is 4.90 Å². The van der Waals surface area contributed by atoms with Crippen LogP contribution in [-0.2, 0) is 9.84 Å². The zero-order valence-electron chi connectivity index (χ0n) is 10.9. The molecule has 5 nitrogen and oxygen atoms in total. The number of likely N-dealkylation sites (tertiary alicyclic amines) is 1. The van der Waals surface area contributed by atoms with Gasteiger partial charge >= 0.3 is 5.97 Å². The number of benzene rings is 1. The van der Waals surface area contributed by atoms with Crippen molar-refractivity contribution in [2.45, 2.75) is 17.7 Å². The molecule has 7 heteroatoms. The molecule has 0 amide bonds. The van der Waals surface area contributed by atoms with Crippen LogP contribution in [0.4, 0.5) is 4.39 Å². The lowest BCUT2D eigenvalue weighted by Crippen LogP contribution is -2.27. The number of hydrogen-bond donors (Lipinski definition) is 1. The van der Waals surface area contributed by atoms with Crippen LogP contribution in [0.25, 0.3) is 0 Å². The van der Waals surface area contributed by atoms with Crippen molar-refractivity contribution in [3.05, 3.63) is 29.6 Å². The van der Waals surface area contributed by atoms with Crippen LogP contribution in [-0.4, -0.2) is 49.8 Å². The lowest BCUT2D eigenvalue weighted by Gasteiger charge is -2.14. The average molecular weight is 301 g/mol. The van der Waals surface area contributed by atoms with Crippen LogP contribution < -0.4 is 0 Å². The van der Waals surface area contributed by atoms with Crippen molar-refractivity contribution < 1.29 is 22.7 Å². The maximum atomic E-state index is 13.8. The van der Waals surface area contributed by atoms with E-state index in [9.17, 15) is 17.6 Å². The van der Waals surface area contributed by atoms with Gasteiger partial charge in [-0.25, -0.2) is 17.6 Å². The van der Waals surface area contributed by atoms with Crippen LogP contribution in [0, 0.1) is 5.82 Å². The number of nitrogens with zero attached hydrogens (tertiary/aromatic N) is 1. The molecule has 0 unspecified atom stereocenters. The SMILES string of the molecule is O=C(O)c1ccc(S(=O)(=O)CCN2CCCC2)c(F)c1. The van der Waals surface area contributed by atoms with Gasteiger partial charge in [-0.2, -0.15) is 0 Å². The summed E-state index contributed by atoms with van der Waals surface area (Å²) >= 11 is 0. The average Bonchev–Trinajstić information content (AvgIpc) is 2.89. The number of halogens is 1. The molecule has 1 aromatic carbocycles. The Balaban J connectivity index is 2.14. The molecule has 0 aliphatic carbocycles. The summed E-state index contributed by atoms with van der Waals surface area (Å²) in [5, 5.41) is 8.73. The predicted molar refractivity (Wildman–Crippen MR) is 71.1 cm³/mol. The quantitative estimate of drug-likeness (QED) is 0.889. The van der Waals surface area contributed by atoms with Gasteiger partial charge < -0.3 is 10.0 Å². The van der Waals surface area contributed by atoms with E-state index in [1.807, 2.05) is 4.90 Å². The fourth-order valence-electron chi connectivity index (χ4n) is 2.25.